The van der Waals surface area contributed by atoms with Gasteiger partial charge in [0.05, 0.1) is 7.11 Å². The molecule has 0 fully saturated rings. The molecule has 0 heterocycles. The van der Waals surface area contributed by atoms with Gasteiger partial charge in [-0.3, -0.25) is 9.69 Å². The summed E-state index contributed by atoms with van der Waals surface area (Å²) in [5, 5.41) is 3.04. The third kappa shape index (κ3) is 5.33. The molecule has 0 unspecified atom stereocenters. The van der Waals surface area contributed by atoms with Crippen LogP contribution in [-0.4, -0.2) is 43.1 Å². The van der Waals surface area contributed by atoms with Crippen LogP contribution < -0.4 is 10.1 Å². The first kappa shape index (κ1) is 20.0. The zero-order valence-electron chi connectivity index (χ0n) is 16.5. The number of carbonyl (C=O) groups is 1. The monoisotopic (exact) mass is 354 g/mol. The smallest absolute Gasteiger partial charge is 0.251 e. The van der Waals surface area contributed by atoms with Gasteiger partial charge >= 0.3 is 0 Å². The molecule has 0 saturated heterocycles. The quantitative estimate of drug-likeness (QED) is 0.772. The first-order chi connectivity index (χ1) is 12.4. The van der Waals surface area contributed by atoms with E-state index in [0.29, 0.717) is 24.2 Å². The second kappa shape index (κ2) is 9.39. The third-order valence-corrected chi connectivity index (χ3v) is 4.53. The topological polar surface area (TPSA) is 41.6 Å². The van der Waals surface area contributed by atoms with Crippen molar-refractivity contribution in [1.82, 2.24) is 10.2 Å². The molecule has 2 aromatic carbocycles. The first-order valence-corrected chi connectivity index (χ1v) is 9.20. The zero-order chi connectivity index (χ0) is 19.1. The molecular formula is C22H30N2O2. The number of hydrogen-bond donors (Lipinski definition) is 1. The van der Waals surface area contributed by atoms with Gasteiger partial charge in [-0.1, -0.05) is 24.3 Å². The van der Waals surface area contributed by atoms with Crippen LogP contribution in [0, 0.1) is 0 Å². The molecular weight excluding hydrogens is 324 g/mol. The van der Waals surface area contributed by atoms with Gasteiger partial charge in [0.2, 0.25) is 0 Å². The Kier molecular flexibility index (Phi) is 7.22. The summed E-state index contributed by atoms with van der Waals surface area (Å²) >= 11 is 0. The van der Waals surface area contributed by atoms with E-state index in [2.05, 4.69) is 37.9 Å². The predicted octanol–water partition coefficient (Wildman–Crippen LogP) is 4.21. The standard InChI is InChI=1S/C22H30N2O2/c1-16(2)24(17(3)4)14-13-23-22(25)20-8-6-7-19(15-20)18-9-11-21(26-5)12-10-18/h6-12,15-17H,13-14H2,1-5H3,(H,23,25). The van der Waals surface area contributed by atoms with Crippen LogP contribution >= 0.6 is 0 Å². The summed E-state index contributed by atoms with van der Waals surface area (Å²) in [4.78, 5) is 14.9. The number of methoxy groups -OCH3 is 1. The summed E-state index contributed by atoms with van der Waals surface area (Å²) in [5.74, 6) is 0.787. The molecule has 0 aliphatic heterocycles. The lowest BCUT2D eigenvalue weighted by Gasteiger charge is -2.30. The Morgan fingerprint density at radius 2 is 1.65 bits per heavy atom. The minimum atomic E-state index is -0.0344. The number of carbonyl (C=O) groups excluding carboxylic acids is 1. The van der Waals surface area contributed by atoms with Crippen LogP contribution in [0.25, 0.3) is 11.1 Å². The largest absolute Gasteiger partial charge is 0.497 e. The highest BCUT2D eigenvalue weighted by Crippen LogP contribution is 2.23. The molecule has 0 aliphatic carbocycles. The van der Waals surface area contributed by atoms with Gasteiger partial charge in [-0.2, -0.15) is 0 Å². The van der Waals surface area contributed by atoms with Gasteiger partial charge < -0.3 is 10.1 Å². The van der Waals surface area contributed by atoms with Crippen molar-refractivity contribution < 1.29 is 9.53 Å². The van der Waals surface area contributed by atoms with Crippen LogP contribution in [-0.2, 0) is 0 Å². The second-order valence-electron chi connectivity index (χ2n) is 6.99. The van der Waals surface area contributed by atoms with Gasteiger partial charge in [0.25, 0.3) is 5.91 Å². The molecule has 0 spiro atoms. The van der Waals surface area contributed by atoms with Gasteiger partial charge in [0.15, 0.2) is 0 Å². The van der Waals surface area contributed by atoms with Crippen LogP contribution in [0.1, 0.15) is 38.1 Å². The lowest BCUT2D eigenvalue weighted by atomic mass is 10.0. The highest BCUT2D eigenvalue weighted by atomic mass is 16.5. The number of amides is 1. The molecule has 0 bridgehead atoms. The average molecular weight is 354 g/mol. The SMILES string of the molecule is COc1ccc(-c2cccc(C(=O)NCCN(C(C)C)C(C)C)c2)cc1. The summed E-state index contributed by atoms with van der Waals surface area (Å²) in [6, 6.07) is 16.5. The van der Waals surface area contributed by atoms with E-state index in [9.17, 15) is 4.79 Å². The summed E-state index contributed by atoms with van der Waals surface area (Å²) in [6.45, 7) is 10.2. The molecule has 4 heteroatoms. The maximum absolute atomic E-state index is 12.5. The number of ether oxygens (including phenoxy) is 1. The van der Waals surface area contributed by atoms with Gasteiger partial charge in [0.1, 0.15) is 5.75 Å². The van der Waals surface area contributed by atoms with Crippen molar-refractivity contribution in [2.45, 2.75) is 39.8 Å². The molecule has 1 amide bonds. The van der Waals surface area contributed by atoms with Crippen LogP contribution in [0.5, 0.6) is 5.75 Å². The lowest BCUT2D eigenvalue weighted by Crippen LogP contribution is -2.42. The molecule has 0 atom stereocenters. The average Bonchev–Trinajstić information content (AvgIpc) is 2.64. The van der Waals surface area contributed by atoms with Crippen LogP contribution in [0.4, 0.5) is 0 Å². The maximum atomic E-state index is 12.5. The number of rotatable bonds is 8. The maximum Gasteiger partial charge on any atom is 0.251 e. The molecule has 0 saturated carbocycles. The summed E-state index contributed by atoms with van der Waals surface area (Å²) < 4.78 is 5.20. The normalized spacial score (nSPS) is 11.2. The molecule has 4 nitrogen and oxygen atoms in total. The Morgan fingerprint density at radius 1 is 1.00 bits per heavy atom. The Labute approximate surface area is 157 Å². The molecule has 26 heavy (non-hydrogen) atoms. The van der Waals surface area contributed by atoms with Crippen LogP contribution in [0.2, 0.25) is 0 Å². The van der Waals surface area contributed by atoms with Crippen molar-refractivity contribution in [2.24, 2.45) is 0 Å². The van der Waals surface area contributed by atoms with Crippen molar-refractivity contribution in [3.8, 4) is 16.9 Å². The minimum absolute atomic E-state index is 0.0344. The highest BCUT2D eigenvalue weighted by Gasteiger charge is 2.13. The van der Waals surface area contributed by atoms with E-state index >= 15 is 0 Å². The van der Waals surface area contributed by atoms with E-state index in [1.807, 2.05) is 48.5 Å². The molecule has 1 N–H and O–H groups in total. The van der Waals surface area contributed by atoms with E-state index in [0.717, 1.165) is 23.4 Å². The molecule has 0 radical (unpaired) electrons. The highest BCUT2D eigenvalue weighted by molar-refractivity contribution is 5.95. The van der Waals surface area contributed by atoms with E-state index in [1.54, 1.807) is 7.11 Å². The van der Waals surface area contributed by atoms with Gasteiger partial charge in [0, 0.05) is 30.7 Å². The molecule has 2 rings (SSSR count). The van der Waals surface area contributed by atoms with Gasteiger partial charge in [-0.25, -0.2) is 0 Å². The van der Waals surface area contributed by atoms with Crippen molar-refractivity contribution in [1.29, 1.82) is 0 Å². The molecule has 140 valence electrons. The van der Waals surface area contributed by atoms with E-state index < -0.39 is 0 Å². The number of hydrogen-bond acceptors (Lipinski definition) is 3. The molecule has 0 aromatic heterocycles. The number of nitrogens with one attached hydrogen (secondary N) is 1. The summed E-state index contributed by atoms with van der Waals surface area (Å²) in [7, 11) is 1.65. The van der Waals surface area contributed by atoms with E-state index in [-0.39, 0.29) is 5.91 Å². The Balaban J connectivity index is 2.01. The van der Waals surface area contributed by atoms with Crippen LogP contribution in [0.15, 0.2) is 48.5 Å². The summed E-state index contributed by atoms with van der Waals surface area (Å²) in [6.07, 6.45) is 0. The van der Waals surface area contributed by atoms with Gasteiger partial charge in [-0.15, -0.1) is 0 Å². The lowest BCUT2D eigenvalue weighted by molar-refractivity contribution is 0.0939. The van der Waals surface area contributed by atoms with E-state index in [4.69, 9.17) is 4.74 Å². The number of nitrogens with zero attached hydrogens (tertiary/aromatic N) is 1. The fourth-order valence-corrected chi connectivity index (χ4v) is 3.14. The Bertz CT molecular complexity index is 700. The minimum Gasteiger partial charge on any atom is -0.497 e. The van der Waals surface area contributed by atoms with E-state index in [1.165, 1.54) is 0 Å². The molecule has 2 aromatic rings. The fraction of sp³-hybridized carbons (Fsp3) is 0.409. The van der Waals surface area contributed by atoms with Crippen molar-refractivity contribution >= 4 is 5.91 Å². The summed E-state index contributed by atoms with van der Waals surface area (Å²) in [5.41, 5.74) is 2.76. The van der Waals surface area contributed by atoms with Crippen molar-refractivity contribution in [2.75, 3.05) is 20.2 Å². The Hall–Kier alpha value is -2.33. The van der Waals surface area contributed by atoms with Gasteiger partial charge in [-0.05, 0) is 63.1 Å². The van der Waals surface area contributed by atoms with Crippen molar-refractivity contribution in [3.05, 3.63) is 54.1 Å². The zero-order valence-corrected chi connectivity index (χ0v) is 16.5. The number of benzene rings is 2. The third-order valence-electron chi connectivity index (χ3n) is 4.53. The van der Waals surface area contributed by atoms with Crippen molar-refractivity contribution in [3.63, 3.8) is 0 Å². The second-order valence-corrected chi connectivity index (χ2v) is 6.99. The fourth-order valence-electron chi connectivity index (χ4n) is 3.14. The Morgan fingerprint density at radius 3 is 2.23 bits per heavy atom. The molecule has 0 aliphatic rings. The van der Waals surface area contributed by atoms with Crippen LogP contribution in [0.3, 0.4) is 0 Å². The predicted molar refractivity (Wildman–Crippen MR) is 108 cm³/mol. The first-order valence-electron chi connectivity index (χ1n) is 9.20.